The van der Waals surface area contributed by atoms with Gasteiger partial charge in [-0.2, -0.15) is 0 Å². The predicted molar refractivity (Wildman–Crippen MR) is 645 cm³/mol. The number of hydrogen-bond acceptors (Lipinski definition) is 13. The van der Waals surface area contributed by atoms with E-state index in [0.29, 0.717) is 31.2 Å². The van der Waals surface area contributed by atoms with Crippen LogP contribution in [-0.2, 0) is 31.3 Å². The van der Waals surface area contributed by atoms with Crippen LogP contribution in [0, 0.1) is 90.7 Å². The van der Waals surface area contributed by atoms with E-state index in [2.05, 4.69) is 520 Å². The van der Waals surface area contributed by atoms with Gasteiger partial charge in [0.25, 0.3) is 0 Å². The van der Waals surface area contributed by atoms with Crippen molar-refractivity contribution in [2.45, 2.75) is 492 Å². The fourth-order valence-corrected chi connectivity index (χ4v) is 18.1. The largest absolute Gasteiger partial charge is 0.380 e. The number of benzene rings is 4. The lowest BCUT2D eigenvalue weighted by Gasteiger charge is -2.23. The molecule has 5 N–H and O–H groups in total. The number of nitrogens with zero attached hydrogens (tertiary/aromatic N) is 3. The van der Waals surface area contributed by atoms with Gasteiger partial charge in [0.05, 0.1) is 21.7 Å². The fourth-order valence-electron chi connectivity index (χ4n) is 9.78. The number of nitrogens with one attached hydrogen (secondary N) is 5. The molecule has 0 unspecified atom stereocenters. The van der Waals surface area contributed by atoms with Gasteiger partial charge in [0.2, 0.25) is 0 Å². The molecule has 0 radical (unpaired) electrons. The van der Waals surface area contributed by atoms with E-state index >= 15 is 0 Å². The summed E-state index contributed by atoms with van der Waals surface area (Å²) in [5.74, 6) is 28.3. The van der Waals surface area contributed by atoms with Crippen molar-refractivity contribution in [3.63, 3.8) is 0 Å². The molecule has 135 heavy (non-hydrogen) atoms. The Hall–Kier alpha value is -4.00. The molecule has 1 heterocycles. The molecule has 0 amide bonds. The Labute approximate surface area is 872 Å². The maximum absolute atomic E-state index is 4.22. The summed E-state index contributed by atoms with van der Waals surface area (Å²) in [6, 6.07) is 34.0. The van der Waals surface area contributed by atoms with E-state index < -0.39 is 0 Å². The van der Waals surface area contributed by atoms with Crippen LogP contribution < -0.4 is 26.6 Å². The molecule has 8 nitrogen and oxygen atoms in total. The van der Waals surface area contributed by atoms with Crippen molar-refractivity contribution in [3.05, 3.63) is 148 Å². The van der Waals surface area contributed by atoms with E-state index in [0.717, 1.165) is 85.0 Å². The second-order valence-corrected chi connectivity index (χ2v) is 60.2. The summed E-state index contributed by atoms with van der Waals surface area (Å²) in [4.78, 5) is 0. The highest BCUT2D eigenvalue weighted by molar-refractivity contribution is 8.79. The van der Waals surface area contributed by atoms with Crippen LogP contribution in [0.3, 0.4) is 0 Å². The summed E-state index contributed by atoms with van der Waals surface area (Å²) in [5.41, 5.74) is 13.6. The van der Waals surface area contributed by atoms with Crippen molar-refractivity contribution < 1.29 is 0 Å². The van der Waals surface area contributed by atoms with Crippen LogP contribution >= 0.6 is 66.7 Å². The molecule has 5 aromatic rings. The van der Waals surface area contributed by atoms with E-state index in [4.69, 9.17) is 0 Å². The van der Waals surface area contributed by atoms with E-state index in [-0.39, 0.29) is 114 Å². The maximum atomic E-state index is 4.22. The Morgan fingerprint density at radius 2 is 0.667 bits per heavy atom. The van der Waals surface area contributed by atoms with Crippen molar-refractivity contribution in [2.24, 2.45) is 43.3 Å². The smallest absolute Gasteiger partial charge is 0.0880 e. The van der Waals surface area contributed by atoms with Crippen LogP contribution in [0.4, 0.5) is 5.69 Å². The van der Waals surface area contributed by atoms with Gasteiger partial charge in [-0.15, -0.1) is 28.6 Å². The minimum absolute atomic E-state index is 0. The normalized spacial score (nSPS) is 11.7. The second kappa shape index (κ2) is 70.6. The van der Waals surface area contributed by atoms with Gasteiger partial charge in [-0.05, 0) is 344 Å². The zero-order valence-electron chi connectivity index (χ0n) is 91.2. The zero-order valence-corrected chi connectivity index (χ0v) is 96.1. The summed E-state index contributed by atoms with van der Waals surface area (Å²) in [6.45, 7) is 110. The van der Waals surface area contributed by atoms with Crippen LogP contribution in [0.2, 0.25) is 0 Å². The minimum Gasteiger partial charge on any atom is -0.380 e. The van der Waals surface area contributed by atoms with Gasteiger partial charge < -0.3 is 26.6 Å². The number of rotatable bonds is 23. The predicted octanol–water partition coefficient (Wildman–Crippen LogP) is 38.1. The summed E-state index contributed by atoms with van der Waals surface area (Å²) >= 11 is 4.05. The third kappa shape index (κ3) is 115. The van der Waals surface area contributed by atoms with Gasteiger partial charge in [0.1, 0.15) is 0 Å². The lowest BCUT2D eigenvalue weighted by molar-refractivity contribution is 0.341. The Kier molecular flexibility index (Phi) is 80.4. The molecule has 0 aliphatic carbocycles. The Bertz CT molecular complexity index is 3830. The van der Waals surface area contributed by atoms with Crippen molar-refractivity contribution in [2.75, 3.05) is 40.2 Å². The first kappa shape index (κ1) is 154. The molecule has 0 saturated carbocycles. The molecule has 0 atom stereocenters. The van der Waals surface area contributed by atoms with Crippen LogP contribution in [0.15, 0.2) is 103 Å². The number of anilines is 1. The average Bonchev–Trinajstić information content (AvgIpc) is 1.79. The molecule has 0 spiro atoms. The van der Waals surface area contributed by atoms with Gasteiger partial charge in [-0.25, -0.2) is 0 Å². The molecule has 0 bridgehead atoms. The standard InChI is InChI=1S/C17H25N.2C17H24.C16H23N.C14H28N4.C11H25NS2.C11H25N.C10H22S4.8CH4/c1-16(2,3)11-10-14-8-7-9-15(12-14)13-18-17(4,5)6;1-16(2,3)12-11-14-7-9-15(10-8-14)13-17(4,5)6;1-16(2,3)11-10-14-8-7-9-15(12-14)13-17(4,5)6;1-15(2,3)12-11-13-7-9-14(10-8-13)17-16(4,5)6;1-13(2,3)12-11-18(17-16-12)10-8-7-9-15-14(4,5)6;1-10(2,3)7-8-13-14-9-12-11(4,5)6;1-10(2,3)8-7-9-12-11(4,5)6;1-9(2,3)11-7-13-14-8-12-10(4,5)6;;;;;;;;/h7-9,12,18H,13H2,1-6H3;7-10H,13H2,1-6H3;7-9,12H,13H2,1-6H3;7-10,17H,1-6H3;11,15H,7-10H2,1-6H3;12H,7-9H2,1-6H3;12H,7-9H2,1-6H3;7-8H2,1-6H3;8*1H4. The van der Waals surface area contributed by atoms with Gasteiger partial charge in [-0.1, -0.05) is 337 Å². The second-order valence-electron chi connectivity index (χ2n) is 50.8. The first-order valence-corrected chi connectivity index (χ1v) is 53.8. The van der Waals surface area contributed by atoms with Gasteiger partial charge in [0.15, 0.2) is 0 Å². The van der Waals surface area contributed by atoms with E-state index in [1.807, 2.05) is 71.4 Å². The van der Waals surface area contributed by atoms with E-state index in [1.165, 1.54) is 58.3 Å². The molecule has 14 heteroatoms. The molecule has 0 saturated heterocycles. The van der Waals surface area contributed by atoms with Crippen LogP contribution in [0.5, 0.6) is 0 Å². The van der Waals surface area contributed by atoms with Crippen molar-refractivity contribution in [1.82, 2.24) is 36.3 Å². The Morgan fingerprint density at radius 1 is 0.319 bits per heavy atom. The Morgan fingerprint density at radius 3 is 1.00 bits per heavy atom. The molecular formula is C121H228N8S6. The monoisotopic (exact) mass is 1990 g/mol. The molecule has 0 aliphatic heterocycles. The number of aryl methyl sites for hydroxylation is 1. The lowest BCUT2D eigenvalue weighted by atomic mass is 9.87. The maximum Gasteiger partial charge on any atom is 0.0880 e. The SMILES string of the molecule is C.C.C.C.C.C.C.C.CC(C)(C)C#Cc1ccc(CC(C)(C)C)cc1.CC(C)(C)C#Cc1ccc(NC(C)(C)C)cc1.CC(C)(C)C#Cc1cccc(CC(C)(C)C)c1.CC(C)(C)C#Cc1cccc(CNC(C)(C)C)c1.CC(C)(C)CCCNC(C)(C)C.CC(C)(C)CCSSCNC(C)(C)C.CC(C)(C)NCCCCn1cc(C(C)(C)C)nn1.CC(C)(C)SCSSCSC(C)(C)C. The number of hydrogen-bond donors (Lipinski definition) is 5. The zero-order chi connectivity index (χ0) is 99.3. The van der Waals surface area contributed by atoms with Gasteiger partial charge >= 0.3 is 0 Å². The molecule has 5 rings (SSSR count). The van der Waals surface area contributed by atoms with Crippen LogP contribution in [0.1, 0.15) is 468 Å². The topological polar surface area (TPSA) is 90.9 Å². The molecule has 4 aromatic carbocycles. The fraction of sp³-hybridized carbons (Fsp3) is 0.719. The highest BCUT2D eigenvalue weighted by atomic mass is 33.1. The van der Waals surface area contributed by atoms with Gasteiger partial charge in [0, 0.05) is 117 Å². The molecule has 0 aliphatic rings. The van der Waals surface area contributed by atoms with E-state index in [1.54, 1.807) is 0 Å². The summed E-state index contributed by atoms with van der Waals surface area (Å²) < 4.78 is 2.77. The molecule has 0 fully saturated rings. The average molecular weight is 1990 g/mol. The van der Waals surface area contributed by atoms with Crippen molar-refractivity contribution in [3.8, 4) is 47.4 Å². The first-order chi connectivity index (χ1) is 56.9. The van der Waals surface area contributed by atoms with Crippen LogP contribution in [-0.4, -0.2) is 87.1 Å². The van der Waals surface area contributed by atoms with Crippen molar-refractivity contribution >= 4 is 72.4 Å². The highest BCUT2D eigenvalue weighted by Crippen LogP contribution is 2.37. The number of thioether (sulfide) groups is 2. The summed E-state index contributed by atoms with van der Waals surface area (Å²) in [6.07, 6.45) is 10.4. The molecule has 1 aromatic heterocycles. The van der Waals surface area contributed by atoms with Gasteiger partial charge in [-0.3, -0.25) is 4.68 Å². The highest BCUT2D eigenvalue weighted by Gasteiger charge is 2.21. The molecule has 788 valence electrons. The third-order valence-corrected chi connectivity index (χ3v) is 24.2. The third-order valence-electron chi connectivity index (χ3n) is 16.2. The van der Waals surface area contributed by atoms with Crippen LogP contribution in [0.25, 0.3) is 0 Å². The summed E-state index contributed by atoms with van der Waals surface area (Å²) in [5, 5.41) is 28.2. The molecular weight excluding hydrogens is 1760 g/mol. The van der Waals surface area contributed by atoms with E-state index in [9.17, 15) is 0 Å². The lowest BCUT2D eigenvalue weighted by Crippen LogP contribution is -2.36. The summed E-state index contributed by atoms with van der Waals surface area (Å²) in [7, 11) is 7.86. The first-order valence-electron chi connectivity index (χ1n) is 46.9. The minimum atomic E-state index is 0. The van der Waals surface area contributed by atoms with Crippen molar-refractivity contribution in [1.29, 1.82) is 0 Å². The number of unbranched alkanes of at least 4 members (excludes halogenated alkanes) is 1. The quantitative estimate of drug-likeness (QED) is 0.0186. The Balaban J connectivity index is -0.000000144. The number of aromatic nitrogens is 3.